The summed E-state index contributed by atoms with van der Waals surface area (Å²) in [5.74, 6) is 0. The number of fused-ring (bicyclic) bond motifs is 1. The van der Waals surface area contributed by atoms with Crippen molar-refractivity contribution < 1.29 is 31.1 Å². The SMILES string of the molecule is O=[N+]([O-])c1ccc(N2CCN(S(=O)(=O)c3cccc4nonc34)CC2)c(C(F)(F)F)c1. The van der Waals surface area contributed by atoms with Crippen LogP contribution in [0.1, 0.15) is 5.56 Å². The second-order valence-electron chi connectivity index (χ2n) is 6.74. The molecule has 10 nitrogen and oxygen atoms in total. The molecule has 0 saturated carbocycles. The molecule has 1 aliphatic rings. The highest BCUT2D eigenvalue weighted by atomic mass is 32.2. The molecule has 0 atom stereocenters. The van der Waals surface area contributed by atoms with Gasteiger partial charge in [0.1, 0.15) is 10.4 Å². The van der Waals surface area contributed by atoms with Crippen LogP contribution in [0.15, 0.2) is 45.9 Å². The van der Waals surface area contributed by atoms with Gasteiger partial charge < -0.3 is 4.90 Å². The van der Waals surface area contributed by atoms with E-state index in [0.29, 0.717) is 6.07 Å². The molecule has 0 bridgehead atoms. The van der Waals surface area contributed by atoms with Crippen molar-refractivity contribution in [3.63, 3.8) is 0 Å². The monoisotopic (exact) mass is 457 g/mol. The minimum Gasteiger partial charge on any atom is -0.368 e. The van der Waals surface area contributed by atoms with E-state index in [9.17, 15) is 31.7 Å². The number of hydrogen-bond acceptors (Lipinski definition) is 8. The molecule has 0 unspecified atom stereocenters. The number of alkyl halides is 3. The molecule has 1 fully saturated rings. The Morgan fingerprint density at radius 3 is 2.42 bits per heavy atom. The Balaban J connectivity index is 1.59. The second-order valence-corrected chi connectivity index (χ2v) is 8.64. The summed E-state index contributed by atoms with van der Waals surface area (Å²) in [5, 5.41) is 18.1. The zero-order valence-corrected chi connectivity index (χ0v) is 16.4. The summed E-state index contributed by atoms with van der Waals surface area (Å²) in [6.07, 6.45) is -4.81. The maximum atomic E-state index is 13.5. The number of piperazine rings is 1. The Kier molecular flexibility index (Phi) is 5.05. The molecule has 1 aromatic heterocycles. The molecular formula is C17H14F3N5O5S. The van der Waals surface area contributed by atoms with Gasteiger partial charge in [-0.25, -0.2) is 13.0 Å². The van der Waals surface area contributed by atoms with E-state index >= 15 is 0 Å². The molecule has 2 heterocycles. The van der Waals surface area contributed by atoms with E-state index in [-0.39, 0.29) is 47.8 Å². The third-order valence-corrected chi connectivity index (χ3v) is 6.87. The molecule has 4 rings (SSSR count). The normalized spacial score (nSPS) is 16.0. The van der Waals surface area contributed by atoms with Crippen LogP contribution in [0, 0.1) is 10.1 Å². The van der Waals surface area contributed by atoms with Crippen LogP contribution in [0.4, 0.5) is 24.5 Å². The van der Waals surface area contributed by atoms with Gasteiger partial charge in [0.15, 0.2) is 5.52 Å². The van der Waals surface area contributed by atoms with Crippen LogP contribution in [0.5, 0.6) is 0 Å². The predicted molar refractivity (Wildman–Crippen MR) is 101 cm³/mol. The summed E-state index contributed by atoms with van der Waals surface area (Å²) in [7, 11) is -3.99. The van der Waals surface area contributed by atoms with Crippen LogP contribution in [-0.2, 0) is 16.2 Å². The maximum absolute atomic E-state index is 13.5. The van der Waals surface area contributed by atoms with Crippen LogP contribution >= 0.6 is 0 Å². The van der Waals surface area contributed by atoms with Crippen molar-refractivity contribution in [3.05, 3.63) is 52.1 Å². The Bertz CT molecular complexity index is 1250. The number of benzene rings is 2. The van der Waals surface area contributed by atoms with Gasteiger partial charge in [-0.3, -0.25) is 10.1 Å². The molecule has 2 aromatic carbocycles. The van der Waals surface area contributed by atoms with Crippen molar-refractivity contribution in [1.29, 1.82) is 0 Å². The highest BCUT2D eigenvalue weighted by molar-refractivity contribution is 7.89. The topological polar surface area (TPSA) is 123 Å². The van der Waals surface area contributed by atoms with Gasteiger partial charge in [-0.05, 0) is 28.5 Å². The quantitative estimate of drug-likeness (QED) is 0.433. The number of sulfonamides is 1. The number of nitrogens with zero attached hydrogens (tertiary/aromatic N) is 5. The van der Waals surface area contributed by atoms with Gasteiger partial charge in [0.25, 0.3) is 5.69 Å². The van der Waals surface area contributed by atoms with Crippen molar-refractivity contribution in [2.75, 3.05) is 31.1 Å². The molecule has 164 valence electrons. The first-order chi connectivity index (χ1) is 14.6. The summed E-state index contributed by atoms with van der Waals surface area (Å²) in [4.78, 5) is 11.2. The predicted octanol–water partition coefficient (Wildman–Crippen LogP) is 2.66. The number of anilines is 1. The fourth-order valence-electron chi connectivity index (χ4n) is 3.44. The van der Waals surface area contributed by atoms with Gasteiger partial charge >= 0.3 is 6.18 Å². The zero-order valence-electron chi connectivity index (χ0n) is 15.6. The first-order valence-electron chi connectivity index (χ1n) is 8.91. The second kappa shape index (κ2) is 7.46. The van der Waals surface area contributed by atoms with Gasteiger partial charge in [0.05, 0.1) is 10.5 Å². The maximum Gasteiger partial charge on any atom is 0.418 e. The summed E-state index contributed by atoms with van der Waals surface area (Å²) < 4.78 is 72.2. The number of rotatable bonds is 4. The molecule has 1 saturated heterocycles. The number of aromatic nitrogens is 2. The van der Waals surface area contributed by atoms with Gasteiger partial charge in [-0.2, -0.15) is 17.5 Å². The lowest BCUT2D eigenvalue weighted by Gasteiger charge is -2.36. The van der Waals surface area contributed by atoms with Crippen molar-refractivity contribution in [2.24, 2.45) is 0 Å². The van der Waals surface area contributed by atoms with Crippen molar-refractivity contribution in [1.82, 2.24) is 14.6 Å². The van der Waals surface area contributed by atoms with Gasteiger partial charge in [0, 0.05) is 44.0 Å². The molecule has 31 heavy (non-hydrogen) atoms. The number of hydrogen-bond donors (Lipinski definition) is 0. The molecule has 0 amide bonds. The number of non-ortho nitro benzene ring substituents is 1. The van der Waals surface area contributed by atoms with Gasteiger partial charge in [-0.1, -0.05) is 6.07 Å². The summed E-state index contributed by atoms with van der Waals surface area (Å²) >= 11 is 0. The van der Waals surface area contributed by atoms with Crippen molar-refractivity contribution >= 4 is 32.4 Å². The van der Waals surface area contributed by atoms with E-state index in [1.54, 1.807) is 0 Å². The average Bonchev–Trinajstić information content (AvgIpc) is 3.21. The minimum atomic E-state index is -4.81. The molecule has 3 aromatic rings. The van der Waals surface area contributed by atoms with E-state index < -0.39 is 32.4 Å². The molecule has 0 aliphatic carbocycles. The largest absolute Gasteiger partial charge is 0.418 e. The van der Waals surface area contributed by atoms with E-state index in [1.807, 2.05) is 0 Å². The fraction of sp³-hybridized carbons (Fsp3) is 0.294. The highest BCUT2D eigenvalue weighted by Crippen LogP contribution is 2.39. The van der Waals surface area contributed by atoms with Crippen LogP contribution in [0.2, 0.25) is 0 Å². The number of nitro groups is 1. The van der Waals surface area contributed by atoms with Crippen LogP contribution in [-0.4, -0.2) is 54.1 Å². The van der Waals surface area contributed by atoms with Crippen LogP contribution in [0.25, 0.3) is 11.0 Å². The molecule has 0 spiro atoms. The molecule has 0 radical (unpaired) electrons. The molecule has 0 N–H and O–H groups in total. The lowest BCUT2D eigenvalue weighted by molar-refractivity contribution is -0.385. The van der Waals surface area contributed by atoms with E-state index in [1.165, 1.54) is 23.1 Å². The number of halogens is 3. The van der Waals surface area contributed by atoms with E-state index in [4.69, 9.17) is 0 Å². The molecule has 14 heteroatoms. The standard InChI is InChI=1S/C17H14F3N5O5S/c18-17(19,20)12-10-11(25(26)27)4-5-14(12)23-6-8-24(9-7-23)31(28,29)15-3-1-2-13-16(15)22-30-21-13/h1-5,10H,6-9H2. The smallest absolute Gasteiger partial charge is 0.368 e. The Morgan fingerprint density at radius 1 is 1.06 bits per heavy atom. The Labute approximate surface area is 173 Å². The van der Waals surface area contributed by atoms with Crippen molar-refractivity contribution in [2.45, 2.75) is 11.1 Å². The Morgan fingerprint density at radius 2 is 1.77 bits per heavy atom. The fourth-order valence-corrected chi connectivity index (χ4v) is 5.00. The average molecular weight is 457 g/mol. The highest BCUT2D eigenvalue weighted by Gasteiger charge is 2.38. The first kappa shape index (κ1) is 21.0. The lowest BCUT2D eigenvalue weighted by Crippen LogP contribution is -2.49. The van der Waals surface area contributed by atoms with Crippen LogP contribution in [0.3, 0.4) is 0 Å². The van der Waals surface area contributed by atoms with Crippen molar-refractivity contribution in [3.8, 4) is 0 Å². The summed E-state index contributed by atoms with van der Waals surface area (Å²) in [5.41, 5.74) is -1.72. The molecule has 1 aliphatic heterocycles. The van der Waals surface area contributed by atoms with E-state index in [0.717, 1.165) is 16.4 Å². The third-order valence-electron chi connectivity index (χ3n) is 4.94. The lowest BCUT2D eigenvalue weighted by atomic mass is 10.1. The molecular weight excluding hydrogens is 443 g/mol. The van der Waals surface area contributed by atoms with Gasteiger partial charge in [-0.15, -0.1) is 0 Å². The zero-order chi connectivity index (χ0) is 22.4. The summed E-state index contributed by atoms with van der Waals surface area (Å²) in [6, 6.07) is 6.89. The van der Waals surface area contributed by atoms with E-state index in [2.05, 4.69) is 14.9 Å². The van der Waals surface area contributed by atoms with Gasteiger partial charge in [0.2, 0.25) is 10.0 Å². The number of nitro benzene ring substituents is 1. The first-order valence-corrected chi connectivity index (χ1v) is 10.3. The minimum absolute atomic E-state index is 0.0346. The Hall–Kier alpha value is -3.26. The summed E-state index contributed by atoms with van der Waals surface area (Å²) in [6.45, 7) is -0.239. The van der Waals surface area contributed by atoms with Crippen LogP contribution < -0.4 is 4.90 Å². The third kappa shape index (κ3) is 3.79.